The molecule has 2 aliphatic carbocycles. The molecule has 2 aromatic heterocycles. The number of fused-ring (bicyclic) bond motifs is 1. The number of nitrogens with zero attached hydrogens (tertiary/aromatic N) is 5. The Morgan fingerprint density at radius 2 is 1.88 bits per heavy atom. The van der Waals surface area contributed by atoms with Crippen molar-refractivity contribution in [1.82, 2.24) is 30.1 Å². The van der Waals surface area contributed by atoms with Gasteiger partial charge in [0.25, 0.3) is 5.56 Å². The van der Waals surface area contributed by atoms with E-state index in [4.69, 9.17) is 0 Å². The summed E-state index contributed by atoms with van der Waals surface area (Å²) in [5, 5.41) is 14.1. The van der Waals surface area contributed by atoms with Crippen molar-refractivity contribution in [3.05, 3.63) is 51.6 Å². The zero-order valence-electron chi connectivity index (χ0n) is 19.3. The minimum Gasteiger partial charge on any atom is -0.322 e. The fourth-order valence-electron chi connectivity index (χ4n) is 5.81. The molecule has 1 atom stereocenters. The Hall–Kier alpha value is -2.54. The summed E-state index contributed by atoms with van der Waals surface area (Å²) in [5.74, 6) is 0.972. The molecule has 0 radical (unpaired) electrons. The first kappa shape index (κ1) is 21.3. The van der Waals surface area contributed by atoms with Gasteiger partial charge in [-0.15, -0.1) is 5.10 Å². The minimum atomic E-state index is 0.00888. The molecule has 1 aromatic carbocycles. The first-order valence-corrected chi connectivity index (χ1v) is 12.3. The monoisotopic (exact) mass is 434 g/mol. The zero-order valence-corrected chi connectivity index (χ0v) is 19.3. The number of benzene rings is 1. The summed E-state index contributed by atoms with van der Waals surface area (Å²) in [5.41, 5.74) is 2.93. The number of aryl methyl sites for hydroxylation is 1. The summed E-state index contributed by atoms with van der Waals surface area (Å²) in [4.78, 5) is 18.6. The van der Waals surface area contributed by atoms with Crippen LogP contribution in [0.25, 0.3) is 10.9 Å². The first-order chi connectivity index (χ1) is 15.6. The number of hydrogen-bond acceptors (Lipinski definition) is 5. The van der Waals surface area contributed by atoms with Crippen LogP contribution in [0.4, 0.5) is 0 Å². The van der Waals surface area contributed by atoms with Crippen LogP contribution in [0.2, 0.25) is 0 Å². The third kappa shape index (κ3) is 4.10. The van der Waals surface area contributed by atoms with Crippen molar-refractivity contribution in [2.24, 2.45) is 0 Å². The smallest absolute Gasteiger partial charge is 0.252 e. The van der Waals surface area contributed by atoms with E-state index in [1.54, 1.807) is 0 Å². The average molecular weight is 435 g/mol. The molecule has 7 nitrogen and oxygen atoms in total. The third-order valence-electron chi connectivity index (χ3n) is 7.50. The van der Waals surface area contributed by atoms with Gasteiger partial charge in [0.05, 0.1) is 12.1 Å². The lowest BCUT2D eigenvalue weighted by Gasteiger charge is -2.35. The van der Waals surface area contributed by atoms with Gasteiger partial charge in [0.1, 0.15) is 0 Å². The van der Waals surface area contributed by atoms with Gasteiger partial charge in [-0.25, -0.2) is 4.68 Å². The molecule has 2 heterocycles. The van der Waals surface area contributed by atoms with Crippen LogP contribution in [-0.2, 0) is 6.54 Å². The Bertz CT molecular complexity index is 1120. The summed E-state index contributed by atoms with van der Waals surface area (Å²) in [6.45, 7) is 4.93. The highest BCUT2D eigenvalue weighted by molar-refractivity contribution is 5.79. The van der Waals surface area contributed by atoms with Crippen LogP contribution in [-0.4, -0.2) is 36.1 Å². The van der Waals surface area contributed by atoms with Crippen LogP contribution in [0, 0.1) is 6.92 Å². The van der Waals surface area contributed by atoms with E-state index >= 15 is 0 Å². The number of aromatic amines is 1. The summed E-state index contributed by atoms with van der Waals surface area (Å²) in [7, 11) is 0. The molecule has 2 saturated carbocycles. The molecule has 5 rings (SSSR count). The highest BCUT2D eigenvalue weighted by Crippen LogP contribution is 2.36. The number of aromatic nitrogens is 5. The van der Waals surface area contributed by atoms with Gasteiger partial charge in [0.2, 0.25) is 0 Å². The number of pyridine rings is 1. The van der Waals surface area contributed by atoms with E-state index in [1.807, 2.05) is 12.1 Å². The number of hydrogen-bond donors (Lipinski definition) is 1. The van der Waals surface area contributed by atoms with E-state index in [0.717, 1.165) is 41.6 Å². The zero-order chi connectivity index (χ0) is 22.1. The second-order valence-corrected chi connectivity index (χ2v) is 9.67. The third-order valence-corrected chi connectivity index (χ3v) is 7.50. The first-order valence-electron chi connectivity index (χ1n) is 12.3. The maximum absolute atomic E-state index is 13.0. The van der Waals surface area contributed by atoms with E-state index in [-0.39, 0.29) is 11.6 Å². The molecule has 0 amide bonds. The minimum absolute atomic E-state index is 0.00888. The standard InChI is InChI=1S/C25H34N6O/c1-3-23(24-27-28-29-31(24)21-10-6-7-11-21)30(20-8-4-5-9-20)16-19-15-18-14-17(2)12-13-22(18)26-25(19)32/h12-15,20-21,23H,3-11,16H2,1-2H3,(H,26,32)/t23-/m0/s1. The average Bonchev–Trinajstić information content (AvgIpc) is 3.55. The lowest BCUT2D eigenvalue weighted by Crippen LogP contribution is -2.39. The molecule has 3 aromatic rings. The molecular weight excluding hydrogens is 400 g/mol. The topological polar surface area (TPSA) is 79.7 Å². The lowest BCUT2D eigenvalue weighted by molar-refractivity contribution is 0.110. The predicted molar refractivity (Wildman–Crippen MR) is 125 cm³/mol. The van der Waals surface area contributed by atoms with Gasteiger partial charge in [0, 0.05) is 23.7 Å². The molecule has 2 fully saturated rings. The van der Waals surface area contributed by atoms with Gasteiger partial charge in [-0.05, 0) is 73.0 Å². The van der Waals surface area contributed by atoms with Gasteiger partial charge < -0.3 is 4.98 Å². The fraction of sp³-hybridized carbons (Fsp3) is 0.600. The molecule has 2 aliphatic rings. The van der Waals surface area contributed by atoms with E-state index in [0.29, 0.717) is 18.6 Å². The molecule has 0 spiro atoms. The quantitative estimate of drug-likeness (QED) is 0.576. The van der Waals surface area contributed by atoms with E-state index in [9.17, 15) is 4.79 Å². The van der Waals surface area contributed by atoms with Crippen LogP contribution >= 0.6 is 0 Å². The van der Waals surface area contributed by atoms with Crippen molar-refractivity contribution in [3.63, 3.8) is 0 Å². The molecular formula is C25H34N6O. The maximum atomic E-state index is 13.0. The van der Waals surface area contributed by atoms with E-state index in [2.05, 4.69) is 56.1 Å². The fourth-order valence-corrected chi connectivity index (χ4v) is 5.81. The molecule has 7 heteroatoms. The summed E-state index contributed by atoms with van der Waals surface area (Å²) in [6.07, 6.45) is 10.6. The van der Waals surface area contributed by atoms with Crippen LogP contribution in [0.1, 0.15) is 93.7 Å². The SMILES string of the molecule is CC[C@@H](c1nnnn1C1CCCC1)N(Cc1cc2cc(C)ccc2[nH]c1=O)C1CCCC1. The Kier molecular flexibility index (Phi) is 6.09. The van der Waals surface area contributed by atoms with Crippen molar-refractivity contribution in [2.75, 3.05) is 0 Å². The van der Waals surface area contributed by atoms with Gasteiger partial charge in [-0.3, -0.25) is 9.69 Å². The van der Waals surface area contributed by atoms with Gasteiger partial charge in [0.15, 0.2) is 5.82 Å². The Morgan fingerprint density at radius 1 is 1.12 bits per heavy atom. The molecule has 0 unspecified atom stereocenters. The highest BCUT2D eigenvalue weighted by atomic mass is 16.1. The van der Waals surface area contributed by atoms with Crippen LogP contribution in [0.5, 0.6) is 0 Å². The molecule has 0 saturated heterocycles. The van der Waals surface area contributed by atoms with Gasteiger partial charge >= 0.3 is 0 Å². The normalized spacial score (nSPS) is 18.8. The lowest BCUT2D eigenvalue weighted by atomic mass is 10.0. The number of rotatable bonds is 7. The summed E-state index contributed by atoms with van der Waals surface area (Å²) < 4.78 is 2.09. The van der Waals surface area contributed by atoms with Crippen LogP contribution in [0.15, 0.2) is 29.1 Å². The number of nitrogens with one attached hydrogen (secondary N) is 1. The van der Waals surface area contributed by atoms with Crippen LogP contribution < -0.4 is 5.56 Å². The van der Waals surface area contributed by atoms with E-state index < -0.39 is 0 Å². The van der Waals surface area contributed by atoms with Crippen molar-refractivity contribution >= 4 is 10.9 Å². The highest BCUT2D eigenvalue weighted by Gasteiger charge is 2.34. The predicted octanol–water partition coefficient (Wildman–Crippen LogP) is 4.83. The molecule has 32 heavy (non-hydrogen) atoms. The Labute approximate surface area is 189 Å². The Balaban J connectivity index is 1.52. The van der Waals surface area contributed by atoms with Crippen molar-refractivity contribution in [2.45, 2.75) is 96.3 Å². The van der Waals surface area contributed by atoms with Crippen molar-refractivity contribution in [3.8, 4) is 0 Å². The molecule has 0 bridgehead atoms. The molecule has 1 N–H and O–H groups in total. The van der Waals surface area contributed by atoms with E-state index in [1.165, 1.54) is 44.1 Å². The number of tetrazole rings is 1. The summed E-state index contributed by atoms with van der Waals surface area (Å²) in [6, 6.07) is 9.24. The second-order valence-electron chi connectivity index (χ2n) is 9.67. The van der Waals surface area contributed by atoms with Gasteiger partial charge in [-0.1, -0.05) is 44.2 Å². The Morgan fingerprint density at radius 3 is 2.62 bits per heavy atom. The number of H-pyrrole nitrogens is 1. The van der Waals surface area contributed by atoms with Crippen LogP contribution in [0.3, 0.4) is 0 Å². The molecule has 0 aliphatic heterocycles. The van der Waals surface area contributed by atoms with Crippen molar-refractivity contribution < 1.29 is 0 Å². The summed E-state index contributed by atoms with van der Waals surface area (Å²) >= 11 is 0. The molecule has 170 valence electrons. The van der Waals surface area contributed by atoms with Gasteiger partial charge in [-0.2, -0.15) is 0 Å². The van der Waals surface area contributed by atoms with Crippen molar-refractivity contribution in [1.29, 1.82) is 0 Å². The second kappa shape index (κ2) is 9.14. The maximum Gasteiger partial charge on any atom is 0.252 e. The largest absolute Gasteiger partial charge is 0.322 e.